The van der Waals surface area contributed by atoms with Gasteiger partial charge < -0.3 is 10.6 Å². The van der Waals surface area contributed by atoms with E-state index in [4.69, 9.17) is 5.73 Å². The fraction of sp³-hybridized carbons (Fsp3) is 0.545. The average Bonchev–Trinajstić information content (AvgIpc) is 2.91. The standard InChI is InChI=1S/C11H15N3/c12-6-10-4-8-5-11(8)14(10)9-2-1-3-13-7-9/h1-3,7-8,10-11H,4-6,12H2. The van der Waals surface area contributed by atoms with Gasteiger partial charge >= 0.3 is 0 Å². The summed E-state index contributed by atoms with van der Waals surface area (Å²) in [5, 5.41) is 0. The number of hydrogen-bond donors (Lipinski definition) is 1. The number of anilines is 1. The van der Waals surface area contributed by atoms with Gasteiger partial charge in [0.2, 0.25) is 0 Å². The zero-order valence-corrected chi connectivity index (χ0v) is 8.13. The van der Waals surface area contributed by atoms with Gasteiger partial charge in [0.1, 0.15) is 0 Å². The molecule has 3 atom stereocenters. The van der Waals surface area contributed by atoms with Crippen molar-refractivity contribution in [2.75, 3.05) is 11.4 Å². The van der Waals surface area contributed by atoms with Crippen molar-refractivity contribution in [3.8, 4) is 0 Å². The molecule has 3 nitrogen and oxygen atoms in total. The molecule has 3 heteroatoms. The van der Waals surface area contributed by atoms with E-state index in [1.54, 1.807) is 0 Å². The lowest BCUT2D eigenvalue weighted by Gasteiger charge is -2.28. The number of aromatic nitrogens is 1. The number of nitrogens with zero attached hydrogens (tertiary/aromatic N) is 2. The zero-order chi connectivity index (χ0) is 9.54. The predicted octanol–water partition coefficient (Wildman–Crippen LogP) is 1.01. The van der Waals surface area contributed by atoms with Gasteiger partial charge in [-0.15, -0.1) is 0 Å². The zero-order valence-electron chi connectivity index (χ0n) is 8.13. The van der Waals surface area contributed by atoms with E-state index in [1.807, 2.05) is 18.5 Å². The summed E-state index contributed by atoms with van der Waals surface area (Å²) >= 11 is 0. The van der Waals surface area contributed by atoms with Crippen LogP contribution in [-0.4, -0.2) is 23.6 Å². The third-order valence-electron chi connectivity index (χ3n) is 3.43. The lowest BCUT2D eigenvalue weighted by atomic mass is 10.1. The maximum absolute atomic E-state index is 5.78. The first kappa shape index (κ1) is 8.24. The third kappa shape index (κ3) is 1.12. The molecule has 1 aliphatic carbocycles. The van der Waals surface area contributed by atoms with Gasteiger partial charge in [0.25, 0.3) is 0 Å². The fourth-order valence-corrected chi connectivity index (χ4v) is 2.68. The first-order valence-electron chi connectivity index (χ1n) is 5.28. The third-order valence-corrected chi connectivity index (χ3v) is 3.43. The van der Waals surface area contributed by atoms with Crippen LogP contribution in [0.3, 0.4) is 0 Å². The van der Waals surface area contributed by atoms with Gasteiger partial charge in [-0.2, -0.15) is 0 Å². The summed E-state index contributed by atoms with van der Waals surface area (Å²) in [7, 11) is 0. The topological polar surface area (TPSA) is 42.1 Å². The normalized spacial score (nSPS) is 34.4. The van der Waals surface area contributed by atoms with Crippen LogP contribution in [0.2, 0.25) is 0 Å². The summed E-state index contributed by atoms with van der Waals surface area (Å²) in [6, 6.07) is 5.44. The van der Waals surface area contributed by atoms with Crippen LogP contribution in [0.25, 0.3) is 0 Å². The summed E-state index contributed by atoms with van der Waals surface area (Å²) in [6.07, 6.45) is 6.40. The van der Waals surface area contributed by atoms with Crippen LogP contribution in [0.1, 0.15) is 12.8 Å². The first-order valence-corrected chi connectivity index (χ1v) is 5.28. The Morgan fingerprint density at radius 2 is 2.43 bits per heavy atom. The van der Waals surface area contributed by atoms with Crippen molar-refractivity contribution in [2.24, 2.45) is 11.7 Å². The van der Waals surface area contributed by atoms with Gasteiger partial charge in [0.15, 0.2) is 0 Å². The van der Waals surface area contributed by atoms with Crippen LogP contribution < -0.4 is 10.6 Å². The van der Waals surface area contributed by atoms with E-state index < -0.39 is 0 Å². The highest BCUT2D eigenvalue weighted by Crippen LogP contribution is 2.49. The van der Waals surface area contributed by atoms with Crippen LogP contribution in [0.4, 0.5) is 5.69 Å². The van der Waals surface area contributed by atoms with Crippen molar-refractivity contribution < 1.29 is 0 Å². The molecular weight excluding hydrogens is 174 g/mol. The number of piperidine rings is 1. The minimum atomic E-state index is 0.544. The SMILES string of the molecule is NCC1CC2CC2N1c1cccnc1. The Labute approximate surface area is 83.9 Å². The minimum absolute atomic E-state index is 0.544. The van der Waals surface area contributed by atoms with Crippen LogP contribution >= 0.6 is 0 Å². The molecule has 3 unspecified atom stereocenters. The van der Waals surface area contributed by atoms with Crippen molar-refractivity contribution in [3.05, 3.63) is 24.5 Å². The summed E-state index contributed by atoms with van der Waals surface area (Å²) < 4.78 is 0. The summed E-state index contributed by atoms with van der Waals surface area (Å²) in [5.41, 5.74) is 7.03. The Balaban J connectivity index is 1.89. The second kappa shape index (κ2) is 2.95. The molecule has 74 valence electrons. The van der Waals surface area contributed by atoms with Crippen LogP contribution in [-0.2, 0) is 0 Å². The second-order valence-electron chi connectivity index (χ2n) is 4.31. The molecule has 14 heavy (non-hydrogen) atoms. The molecule has 2 N–H and O–H groups in total. The molecular formula is C11H15N3. The van der Waals surface area contributed by atoms with Crippen LogP contribution in [0.15, 0.2) is 24.5 Å². The largest absolute Gasteiger partial charge is 0.363 e. The summed E-state index contributed by atoms with van der Waals surface area (Å²) in [5.74, 6) is 0.906. The average molecular weight is 189 g/mol. The van der Waals surface area contributed by atoms with Crippen molar-refractivity contribution in [3.63, 3.8) is 0 Å². The number of rotatable bonds is 2. The van der Waals surface area contributed by atoms with E-state index in [9.17, 15) is 0 Å². The smallest absolute Gasteiger partial charge is 0.0558 e. The Hall–Kier alpha value is -1.09. The molecule has 1 saturated carbocycles. The maximum Gasteiger partial charge on any atom is 0.0558 e. The van der Waals surface area contributed by atoms with Gasteiger partial charge in [-0.1, -0.05) is 0 Å². The Bertz CT molecular complexity index is 325. The molecule has 0 spiro atoms. The van der Waals surface area contributed by atoms with E-state index in [0.29, 0.717) is 6.04 Å². The number of hydrogen-bond acceptors (Lipinski definition) is 3. The highest BCUT2D eigenvalue weighted by atomic mass is 15.3. The van der Waals surface area contributed by atoms with Gasteiger partial charge in [-0.05, 0) is 30.9 Å². The van der Waals surface area contributed by atoms with E-state index in [0.717, 1.165) is 18.5 Å². The number of fused-ring (bicyclic) bond motifs is 1. The summed E-state index contributed by atoms with van der Waals surface area (Å²) in [6.45, 7) is 0.766. The van der Waals surface area contributed by atoms with Gasteiger partial charge in [0, 0.05) is 24.8 Å². The molecule has 2 heterocycles. The first-order chi connectivity index (χ1) is 6.90. The molecule has 1 aromatic rings. The lowest BCUT2D eigenvalue weighted by Crippen LogP contribution is -2.38. The molecule has 2 aliphatic rings. The Morgan fingerprint density at radius 3 is 3.14 bits per heavy atom. The fourth-order valence-electron chi connectivity index (χ4n) is 2.68. The van der Waals surface area contributed by atoms with Crippen molar-refractivity contribution >= 4 is 5.69 Å². The monoisotopic (exact) mass is 189 g/mol. The molecule has 0 aromatic carbocycles. The molecule has 0 radical (unpaired) electrons. The van der Waals surface area contributed by atoms with Gasteiger partial charge in [-0.25, -0.2) is 0 Å². The van der Waals surface area contributed by atoms with Crippen molar-refractivity contribution in [2.45, 2.75) is 24.9 Å². The van der Waals surface area contributed by atoms with Gasteiger partial charge in [0.05, 0.1) is 11.9 Å². The second-order valence-corrected chi connectivity index (χ2v) is 4.31. The summed E-state index contributed by atoms with van der Waals surface area (Å²) in [4.78, 5) is 6.64. The van der Waals surface area contributed by atoms with E-state index in [2.05, 4.69) is 16.0 Å². The highest BCUT2D eigenvalue weighted by Gasteiger charge is 2.51. The molecule has 1 aliphatic heterocycles. The Kier molecular flexibility index (Phi) is 1.74. The molecule has 0 bridgehead atoms. The van der Waals surface area contributed by atoms with E-state index >= 15 is 0 Å². The molecule has 3 rings (SSSR count). The van der Waals surface area contributed by atoms with Crippen LogP contribution in [0, 0.1) is 5.92 Å². The van der Waals surface area contributed by atoms with E-state index in [-0.39, 0.29) is 0 Å². The molecule has 0 amide bonds. The van der Waals surface area contributed by atoms with Crippen molar-refractivity contribution in [1.82, 2.24) is 4.98 Å². The van der Waals surface area contributed by atoms with Crippen LogP contribution in [0.5, 0.6) is 0 Å². The lowest BCUT2D eigenvalue weighted by molar-refractivity contribution is 0.606. The highest BCUT2D eigenvalue weighted by molar-refractivity contribution is 5.50. The predicted molar refractivity (Wildman–Crippen MR) is 56.1 cm³/mol. The Morgan fingerprint density at radius 1 is 1.50 bits per heavy atom. The number of nitrogens with two attached hydrogens (primary N) is 1. The molecule has 2 fully saturated rings. The minimum Gasteiger partial charge on any atom is -0.363 e. The molecule has 1 saturated heterocycles. The quantitative estimate of drug-likeness (QED) is 0.755. The number of pyridine rings is 1. The van der Waals surface area contributed by atoms with Gasteiger partial charge in [-0.3, -0.25) is 4.98 Å². The maximum atomic E-state index is 5.78. The van der Waals surface area contributed by atoms with E-state index in [1.165, 1.54) is 18.5 Å². The molecule has 1 aromatic heterocycles. The van der Waals surface area contributed by atoms with Crippen molar-refractivity contribution in [1.29, 1.82) is 0 Å².